The molecule has 0 aromatic carbocycles. The first-order valence-electron chi connectivity index (χ1n) is 16.2. The quantitative estimate of drug-likeness (QED) is 0.137. The summed E-state index contributed by atoms with van der Waals surface area (Å²) in [6.45, 7) is 7.45. The van der Waals surface area contributed by atoms with E-state index in [4.69, 9.17) is 28.4 Å². The first-order chi connectivity index (χ1) is 21.7. The molecule has 14 nitrogen and oxygen atoms in total. The van der Waals surface area contributed by atoms with Crippen LogP contribution in [-0.4, -0.2) is 135 Å². The number of aliphatic hydroxyl groups excluding tert-OH is 7. The Labute approximate surface area is 267 Å². The van der Waals surface area contributed by atoms with E-state index >= 15 is 0 Å². The highest BCUT2D eigenvalue weighted by Gasteiger charge is 2.58. The molecule has 46 heavy (non-hydrogen) atoms. The van der Waals surface area contributed by atoms with E-state index in [0.29, 0.717) is 31.3 Å². The normalized spacial score (nSPS) is 49.2. The topological polar surface area (TPSA) is 214 Å². The number of hydrogen-bond acceptors (Lipinski definition) is 14. The fourth-order valence-electron chi connectivity index (χ4n) is 8.79. The first kappa shape index (κ1) is 34.3. The number of esters is 1. The molecule has 1 saturated carbocycles. The molecule has 15 atom stereocenters. The van der Waals surface area contributed by atoms with Crippen molar-refractivity contribution in [3.05, 3.63) is 22.8 Å². The van der Waals surface area contributed by atoms with Crippen molar-refractivity contribution >= 4 is 5.97 Å². The molecule has 6 rings (SSSR count). The highest BCUT2D eigenvalue weighted by atomic mass is 16.8. The Balaban J connectivity index is 1.23. The van der Waals surface area contributed by atoms with Crippen LogP contribution in [0.1, 0.15) is 59.8 Å². The van der Waals surface area contributed by atoms with Crippen LogP contribution in [-0.2, 0) is 33.2 Å². The van der Waals surface area contributed by atoms with E-state index in [-0.39, 0.29) is 17.9 Å². The lowest BCUT2D eigenvalue weighted by atomic mass is 9.48. The van der Waals surface area contributed by atoms with Crippen molar-refractivity contribution in [2.24, 2.45) is 16.7 Å². The van der Waals surface area contributed by atoms with Crippen LogP contribution in [0.5, 0.6) is 0 Å². The molecule has 7 N–H and O–H groups in total. The zero-order valence-corrected chi connectivity index (χ0v) is 26.6. The van der Waals surface area contributed by atoms with E-state index in [9.17, 15) is 40.5 Å². The average Bonchev–Trinajstić information content (AvgIpc) is 3.45. The summed E-state index contributed by atoms with van der Waals surface area (Å²) >= 11 is 0. The summed E-state index contributed by atoms with van der Waals surface area (Å²) in [6, 6.07) is 0. The lowest BCUT2D eigenvalue weighted by molar-refractivity contribution is -0.375. The average molecular weight is 657 g/mol. The molecule has 0 unspecified atom stereocenters. The Morgan fingerprint density at radius 1 is 0.891 bits per heavy atom. The van der Waals surface area contributed by atoms with Crippen LogP contribution >= 0.6 is 0 Å². The van der Waals surface area contributed by atoms with E-state index in [0.717, 1.165) is 17.6 Å². The third-order valence-corrected chi connectivity index (χ3v) is 11.5. The molecule has 0 bridgehead atoms. The van der Waals surface area contributed by atoms with E-state index < -0.39 is 97.9 Å². The van der Waals surface area contributed by atoms with Gasteiger partial charge in [0, 0.05) is 11.6 Å². The largest absolute Gasteiger partial charge is 0.458 e. The minimum Gasteiger partial charge on any atom is -0.458 e. The summed E-state index contributed by atoms with van der Waals surface area (Å²) in [5, 5.41) is 73.7. The highest BCUT2D eigenvalue weighted by Crippen LogP contribution is 2.62. The van der Waals surface area contributed by atoms with Gasteiger partial charge in [-0.3, -0.25) is 0 Å². The summed E-state index contributed by atoms with van der Waals surface area (Å²) in [7, 11) is 0. The number of carbonyl (C=O) groups excluding carboxylic acids is 1. The van der Waals surface area contributed by atoms with Gasteiger partial charge in [0.15, 0.2) is 18.9 Å². The smallest absolute Gasteiger partial charge is 0.331 e. The van der Waals surface area contributed by atoms with Crippen LogP contribution in [0, 0.1) is 16.7 Å². The molecule has 0 aromatic heterocycles. The molecule has 4 heterocycles. The molecule has 260 valence electrons. The third kappa shape index (κ3) is 5.77. The summed E-state index contributed by atoms with van der Waals surface area (Å²) in [5.41, 5.74) is 1.93. The number of hydrogen-bond donors (Lipinski definition) is 7. The van der Waals surface area contributed by atoms with Crippen molar-refractivity contribution in [1.82, 2.24) is 0 Å². The van der Waals surface area contributed by atoms with Crippen LogP contribution < -0.4 is 0 Å². The maximum atomic E-state index is 11.8. The van der Waals surface area contributed by atoms with E-state index in [1.807, 2.05) is 0 Å². The maximum absolute atomic E-state index is 11.8. The zero-order valence-electron chi connectivity index (χ0n) is 26.6. The third-order valence-electron chi connectivity index (χ3n) is 11.5. The lowest BCUT2D eigenvalue weighted by Gasteiger charge is -2.59. The van der Waals surface area contributed by atoms with Gasteiger partial charge in [0.2, 0.25) is 0 Å². The van der Waals surface area contributed by atoms with Gasteiger partial charge in [-0.05, 0) is 61.3 Å². The monoisotopic (exact) mass is 656 g/mol. The van der Waals surface area contributed by atoms with Crippen LogP contribution in [0.4, 0.5) is 0 Å². The van der Waals surface area contributed by atoms with Crippen molar-refractivity contribution in [3.63, 3.8) is 0 Å². The molecule has 2 aliphatic carbocycles. The molecule has 3 fully saturated rings. The van der Waals surface area contributed by atoms with Gasteiger partial charge in [-0.15, -0.1) is 0 Å². The van der Waals surface area contributed by atoms with Crippen molar-refractivity contribution in [2.45, 2.75) is 140 Å². The Bertz CT molecular complexity index is 1220. The minimum atomic E-state index is -1.66. The summed E-state index contributed by atoms with van der Waals surface area (Å²) in [5.74, 6) is -0.326. The molecule has 0 radical (unpaired) electrons. The number of rotatable bonds is 6. The molecule has 6 aliphatic rings. The summed E-state index contributed by atoms with van der Waals surface area (Å²) in [6.07, 6.45) is -11.3. The number of fused-ring (bicyclic) bond motifs is 2. The lowest BCUT2D eigenvalue weighted by Crippen LogP contribution is -2.65. The first-order valence-corrected chi connectivity index (χ1v) is 16.2. The number of cyclic esters (lactones) is 1. The molecular weight excluding hydrogens is 608 g/mol. The van der Waals surface area contributed by atoms with Gasteiger partial charge in [0.05, 0.1) is 24.9 Å². The van der Waals surface area contributed by atoms with Crippen molar-refractivity contribution in [1.29, 1.82) is 0 Å². The Kier molecular flexibility index (Phi) is 9.50. The van der Waals surface area contributed by atoms with Gasteiger partial charge >= 0.3 is 5.97 Å². The standard InChI is InChI=1S/C32H48O14/c1-13-22(35)24(37)26(39)29(42-13)46-27-25(38)23(36)18(11-33)44-30(27)45-20-7-8-32(4)16-10-17(14-9-21(34)41-12-14)43-28(40)15(16)5-6-19(32)31(20,2)3/h9,13,17-20,22-30,33,35-40H,5-8,10-12H2,1-4H3/t13-,17+,18+,19+,20-,22-,23+,24+,25-,26+,27+,28+,29-,30-,32+/m0/s1. The molecular formula is C32H48O14. The van der Waals surface area contributed by atoms with Crippen molar-refractivity contribution in [2.75, 3.05) is 13.2 Å². The second-order valence-electron chi connectivity index (χ2n) is 14.5. The maximum Gasteiger partial charge on any atom is 0.331 e. The van der Waals surface area contributed by atoms with Crippen LogP contribution in [0.15, 0.2) is 22.8 Å². The molecule has 0 amide bonds. The van der Waals surface area contributed by atoms with Gasteiger partial charge in [0.25, 0.3) is 0 Å². The van der Waals surface area contributed by atoms with Crippen molar-refractivity contribution in [3.8, 4) is 0 Å². The predicted molar refractivity (Wildman–Crippen MR) is 155 cm³/mol. The summed E-state index contributed by atoms with van der Waals surface area (Å²) in [4.78, 5) is 11.8. The van der Waals surface area contributed by atoms with Crippen molar-refractivity contribution < 1.29 is 69.0 Å². The van der Waals surface area contributed by atoms with Crippen LogP contribution in [0.2, 0.25) is 0 Å². The summed E-state index contributed by atoms with van der Waals surface area (Å²) < 4.78 is 35.1. The Hall–Kier alpha value is -1.53. The fraction of sp³-hybridized carbons (Fsp3) is 0.844. The molecule has 4 aliphatic heterocycles. The zero-order chi connectivity index (χ0) is 33.3. The SMILES string of the molecule is C[C@@H]1O[C@@H](O[C@H]2[C@H](O[C@H]3CC[C@]4(C)C5=C(CC[C@@H]4C3(C)C)[C@H](O)O[C@@H](C3=CC(=O)OC3)C5)O[C@H](CO)[C@@H](O)[C@@H]2O)[C@H](O)[C@H](O)[C@H]1O. The molecule has 0 aromatic rings. The minimum absolute atomic E-state index is 0.0898. The van der Waals surface area contributed by atoms with E-state index in [2.05, 4.69) is 20.8 Å². The van der Waals surface area contributed by atoms with E-state index in [1.165, 1.54) is 13.0 Å². The molecule has 14 heteroatoms. The number of aliphatic hydroxyl groups is 7. The fourth-order valence-corrected chi connectivity index (χ4v) is 8.79. The van der Waals surface area contributed by atoms with Crippen LogP contribution in [0.3, 0.4) is 0 Å². The number of ether oxygens (including phenoxy) is 6. The second-order valence-corrected chi connectivity index (χ2v) is 14.5. The second kappa shape index (κ2) is 12.7. The Morgan fingerprint density at radius 2 is 1.63 bits per heavy atom. The van der Waals surface area contributed by atoms with Crippen LogP contribution in [0.25, 0.3) is 0 Å². The van der Waals surface area contributed by atoms with Gasteiger partial charge in [-0.2, -0.15) is 0 Å². The highest BCUT2D eigenvalue weighted by molar-refractivity contribution is 5.85. The number of carbonyl (C=O) groups is 1. The van der Waals surface area contributed by atoms with Gasteiger partial charge < -0.3 is 64.2 Å². The van der Waals surface area contributed by atoms with Gasteiger partial charge in [-0.25, -0.2) is 4.79 Å². The van der Waals surface area contributed by atoms with E-state index in [1.54, 1.807) is 0 Å². The Morgan fingerprint density at radius 3 is 2.30 bits per heavy atom. The van der Waals surface area contributed by atoms with Gasteiger partial charge in [-0.1, -0.05) is 26.3 Å². The van der Waals surface area contributed by atoms with Gasteiger partial charge in [0.1, 0.15) is 49.3 Å². The molecule has 0 spiro atoms. The molecule has 2 saturated heterocycles. The predicted octanol–water partition coefficient (Wildman–Crippen LogP) is -0.853.